The number of dihydropyridines is 1. The highest BCUT2D eigenvalue weighted by Crippen LogP contribution is 2.11. The van der Waals surface area contributed by atoms with Crippen molar-refractivity contribution in [2.24, 2.45) is 4.99 Å². The zero-order valence-electron chi connectivity index (χ0n) is 7.35. The molecule has 1 aliphatic heterocycles. The van der Waals surface area contributed by atoms with Gasteiger partial charge in [0.05, 0.1) is 0 Å². The Morgan fingerprint density at radius 1 is 1.23 bits per heavy atom. The summed E-state index contributed by atoms with van der Waals surface area (Å²) in [6.07, 6.45) is 7.10. The first-order valence-electron chi connectivity index (χ1n) is 4.45. The van der Waals surface area contributed by atoms with E-state index in [4.69, 9.17) is 0 Å². The first-order chi connectivity index (χ1) is 6.45. The van der Waals surface area contributed by atoms with Gasteiger partial charge in [-0.05, 0) is 18.2 Å². The average molecular weight is 172 g/mol. The van der Waals surface area contributed by atoms with Crippen LogP contribution in [-0.2, 0) is 0 Å². The molecule has 0 spiro atoms. The van der Waals surface area contributed by atoms with E-state index in [1.54, 1.807) is 0 Å². The van der Waals surface area contributed by atoms with Crippen LogP contribution in [0, 0.1) is 0 Å². The Balaban J connectivity index is 1.99. The molecule has 0 radical (unpaired) electrons. The van der Waals surface area contributed by atoms with Gasteiger partial charge in [-0.15, -0.1) is 0 Å². The van der Waals surface area contributed by atoms with Crippen molar-refractivity contribution in [2.45, 2.75) is 12.6 Å². The van der Waals surface area contributed by atoms with E-state index in [-0.39, 0.29) is 6.17 Å². The Hall–Kier alpha value is -1.57. The lowest BCUT2D eigenvalue weighted by Gasteiger charge is -2.15. The van der Waals surface area contributed by atoms with E-state index in [0.29, 0.717) is 0 Å². The van der Waals surface area contributed by atoms with Crippen LogP contribution in [0.2, 0.25) is 0 Å². The van der Waals surface area contributed by atoms with Crippen LogP contribution in [0.15, 0.2) is 47.5 Å². The van der Waals surface area contributed by atoms with Crippen LogP contribution < -0.4 is 5.32 Å². The van der Waals surface area contributed by atoms with Crippen molar-refractivity contribution in [3.63, 3.8) is 0 Å². The average Bonchev–Trinajstić information content (AvgIpc) is 2.21. The summed E-state index contributed by atoms with van der Waals surface area (Å²) in [4.78, 5) is 4.30. The molecule has 0 bridgehead atoms. The molecule has 2 rings (SSSR count). The summed E-state index contributed by atoms with van der Waals surface area (Å²) < 4.78 is 0. The minimum absolute atomic E-state index is 0.201. The number of benzene rings is 1. The van der Waals surface area contributed by atoms with Gasteiger partial charge in [0, 0.05) is 18.3 Å². The lowest BCUT2D eigenvalue weighted by atomic mass is 10.2. The van der Waals surface area contributed by atoms with Crippen LogP contribution in [-0.4, -0.2) is 12.4 Å². The largest absolute Gasteiger partial charge is 0.364 e. The summed E-state index contributed by atoms with van der Waals surface area (Å²) in [6, 6.07) is 10.1. The number of para-hydroxylation sites is 1. The predicted octanol–water partition coefficient (Wildman–Crippen LogP) is 2.46. The normalized spacial score (nSPS) is 20.2. The van der Waals surface area contributed by atoms with E-state index in [1.807, 2.05) is 42.6 Å². The molecule has 13 heavy (non-hydrogen) atoms. The number of aliphatic imine (C=N–C) groups is 1. The van der Waals surface area contributed by atoms with Gasteiger partial charge >= 0.3 is 0 Å². The molecule has 0 saturated heterocycles. The number of nitrogens with zero attached hydrogens (tertiary/aromatic N) is 1. The summed E-state index contributed by atoms with van der Waals surface area (Å²) in [6.45, 7) is 0. The third-order valence-electron chi connectivity index (χ3n) is 1.95. The summed E-state index contributed by atoms with van der Waals surface area (Å²) >= 11 is 0. The number of anilines is 1. The van der Waals surface area contributed by atoms with Gasteiger partial charge in [-0.1, -0.05) is 24.3 Å². The van der Waals surface area contributed by atoms with E-state index < -0.39 is 0 Å². The molecule has 1 aromatic carbocycles. The fourth-order valence-corrected chi connectivity index (χ4v) is 1.31. The minimum atomic E-state index is 0.201. The van der Waals surface area contributed by atoms with Crippen molar-refractivity contribution >= 4 is 11.9 Å². The molecule has 1 aliphatic rings. The zero-order chi connectivity index (χ0) is 8.93. The van der Waals surface area contributed by atoms with Crippen LogP contribution in [0.1, 0.15) is 6.42 Å². The topological polar surface area (TPSA) is 24.4 Å². The molecular formula is C11H12N2. The van der Waals surface area contributed by atoms with Crippen LogP contribution in [0.25, 0.3) is 0 Å². The number of hydrogen-bond donors (Lipinski definition) is 1. The van der Waals surface area contributed by atoms with Crippen LogP contribution >= 0.6 is 0 Å². The van der Waals surface area contributed by atoms with Gasteiger partial charge in [-0.2, -0.15) is 0 Å². The molecular weight excluding hydrogens is 160 g/mol. The van der Waals surface area contributed by atoms with Gasteiger partial charge in [-0.3, -0.25) is 4.99 Å². The van der Waals surface area contributed by atoms with Gasteiger partial charge in [-0.25, -0.2) is 0 Å². The lowest BCUT2D eigenvalue weighted by molar-refractivity contribution is 0.773. The van der Waals surface area contributed by atoms with Crippen molar-refractivity contribution in [1.29, 1.82) is 0 Å². The van der Waals surface area contributed by atoms with Crippen molar-refractivity contribution in [1.82, 2.24) is 0 Å². The zero-order valence-corrected chi connectivity index (χ0v) is 7.35. The van der Waals surface area contributed by atoms with E-state index in [0.717, 1.165) is 12.1 Å². The maximum Gasteiger partial charge on any atom is 0.122 e. The summed E-state index contributed by atoms with van der Waals surface area (Å²) in [7, 11) is 0. The number of nitrogens with one attached hydrogen (secondary N) is 1. The van der Waals surface area contributed by atoms with Gasteiger partial charge in [0.2, 0.25) is 0 Å². The van der Waals surface area contributed by atoms with Crippen LogP contribution in [0.4, 0.5) is 5.69 Å². The monoisotopic (exact) mass is 172 g/mol. The van der Waals surface area contributed by atoms with Crippen molar-refractivity contribution < 1.29 is 0 Å². The smallest absolute Gasteiger partial charge is 0.122 e. The molecule has 1 atom stereocenters. The molecule has 1 N–H and O–H groups in total. The summed E-state index contributed by atoms with van der Waals surface area (Å²) in [5, 5.41) is 3.33. The first-order valence-corrected chi connectivity index (χ1v) is 4.45. The summed E-state index contributed by atoms with van der Waals surface area (Å²) in [5.41, 5.74) is 1.12. The van der Waals surface area contributed by atoms with Gasteiger partial charge in [0.1, 0.15) is 6.17 Å². The molecule has 1 aromatic rings. The van der Waals surface area contributed by atoms with Crippen LogP contribution in [0.3, 0.4) is 0 Å². The van der Waals surface area contributed by atoms with Gasteiger partial charge in [0.25, 0.3) is 0 Å². The quantitative estimate of drug-likeness (QED) is 0.728. The summed E-state index contributed by atoms with van der Waals surface area (Å²) in [5.74, 6) is 0. The fraction of sp³-hybridized carbons (Fsp3) is 0.182. The third kappa shape index (κ3) is 2.18. The molecule has 1 unspecified atom stereocenters. The van der Waals surface area contributed by atoms with E-state index >= 15 is 0 Å². The molecule has 0 aromatic heterocycles. The second-order valence-corrected chi connectivity index (χ2v) is 2.99. The Kier molecular flexibility index (Phi) is 2.41. The predicted molar refractivity (Wildman–Crippen MR) is 56.1 cm³/mol. The highest BCUT2D eigenvalue weighted by molar-refractivity contribution is 5.72. The minimum Gasteiger partial charge on any atom is -0.364 e. The van der Waals surface area contributed by atoms with E-state index in [1.165, 1.54) is 0 Å². The SMILES string of the molecule is C1=CCC(Nc2ccccc2)N=C1. The molecule has 0 fully saturated rings. The Bertz CT molecular complexity index is 314. The molecule has 2 heteroatoms. The Morgan fingerprint density at radius 3 is 2.77 bits per heavy atom. The molecule has 0 amide bonds. The number of rotatable bonds is 2. The third-order valence-corrected chi connectivity index (χ3v) is 1.95. The molecule has 0 saturated carbocycles. The number of hydrogen-bond acceptors (Lipinski definition) is 2. The van der Waals surface area contributed by atoms with Gasteiger partial charge in [0.15, 0.2) is 0 Å². The molecule has 66 valence electrons. The van der Waals surface area contributed by atoms with Crippen molar-refractivity contribution in [2.75, 3.05) is 5.32 Å². The second-order valence-electron chi connectivity index (χ2n) is 2.99. The second kappa shape index (κ2) is 3.90. The molecule has 2 nitrogen and oxygen atoms in total. The van der Waals surface area contributed by atoms with Crippen molar-refractivity contribution in [3.8, 4) is 0 Å². The van der Waals surface area contributed by atoms with Crippen LogP contribution in [0.5, 0.6) is 0 Å². The van der Waals surface area contributed by atoms with Crippen molar-refractivity contribution in [3.05, 3.63) is 42.5 Å². The first kappa shape index (κ1) is 8.05. The maximum atomic E-state index is 4.30. The highest BCUT2D eigenvalue weighted by atomic mass is 15.1. The Labute approximate surface area is 78.0 Å². The van der Waals surface area contributed by atoms with E-state index in [2.05, 4.69) is 16.4 Å². The number of allylic oxidation sites excluding steroid dienone is 1. The maximum absolute atomic E-state index is 4.30. The Morgan fingerprint density at radius 2 is 2.08 bits per heavy atom. The van der Waals surface area contributed by atoms with E-state index in [9.17, 15) is 0 Å². The molecule has 1 heterocycles. The molecule has 0 aliphatic carbocycles. The fourth-order valence-electron chi connectivity index (χ4n) is 1.31. The lowest BCUT2D eigenvalue weighted by Crippen LogP contribution is -2.17. The highest BCUT2D eigenvalue weighted by Gasteiger charge is 2.04. The standard InChI is InChI=1S/C11H12N2/c1-2-6-10(7-3-1)13-11-8-4-5-9-12-11/h1-7,9,11,13H,8H2. The van der Waals surface area contributed by atoms with Gasteiger partial charge < -0.3 is 5.32 Å².